The third-order valence-electron chi connectivity index (χ3n) is 5.11. The lowest BCUT2D eigenvalue weighted by molar-refractivity contribution is -0.144. The van der Waals surface area contributed by atoms with Crippen LogP contribution in [0.3, 0.4) is 0 Å². The molecule has 1 saturated carbocycles. The minimum absolute atomic E-state index is 0.0766. The summed E-state index contributed by atoms with van der Waals surface area (Å²) in [6, 6.07) is 2.79. The summed E-state index contributed by atoms with van der Waals surface area (Å²) < 4.78 is 8.30. The highest BCUT2D eigenvalue weighted by atomic mass is 16.5. The van der Waals surface area contributed by atoms with Crippen LogP contribution < -0.4 is 10.6 Å². The van der Waals surface area contributed by atoms with E-state index in [-0.39, 0.29) is 12.5 Å². The quantitative estimate of drug-likeness (QED) is 0.599. The molecule has 0 spiro atoms. The number of hydrogen-bond donors (Lipinski definition) is 2. The second-order valence-electron chi connectivity index (χ2n) is 7.38. The summed E-state index contributed by atoms with van der Waals surface area (Å²) in [6.07, 6.45) is 14.1. The molecule has 0 aromatic carbocycles. The predicted octanol–water partition coefficient (Wildman–Crippen LogP) is 3.01. The molecular formula is C21H31N7O2. The molecule has 0 atom stereocenters. The van der Waals surface area contributed by atoms with Gasteiger partial charge in [0.2, 0.25) is 5.95 Å². The van der Waals surface area contributed by atoms with Crippen LogP contribution in [0.4, 0.5) is 11.6 Å². The number of aryl methyl sites for hydroxylation is 1. The Kier molecular flexibility index (Phi) is 7.78. The predicted molar refractivity (Wildman–Crippen MR) is 117 cm³/mol. The molecule has 1 aliphatic carbocycles. The lowest BCUT2D eigenvalue weighted by atomic mass is 9.96. The van der Waals surface area contributed by atoms with Crippen LogP contribution in [0.5, 0.6) is 0 Å². The van der Waals surface area contributed by atoms with Gasteiger partial charge in [-0.15, -0.1) is 0 Å². The van der Waals surface area contributed by atoms with Gasteiger partial charge < -0.3 is 19.9 Å². The molecular weight excluding hydrogens is 382 g/mol. The van der Waals surface area contributed by atoms with E-state index in [0.717, 1.165) is 17.1 Å². The highest BCUT2D eigenvalue weighted by Crippen LogP contribution is 2.17. The largest absolute Gasteiger partial charge is 0.465 e. The second-order valence-corrected chi connectivity index (χ2v) is 7.38. The van der Waals surface area contributed by atoms with Crippen molar-refractivity contribution in [2.45, 2.75) is 51.6 Å². The Hall–Kier alpha value is -2.94. The van der Waals surface area contributed by atoms with Gasteiger partial charge in [0.15, 0.2) is 0 Å². The number of ether oxygens (including phenoxy) is 1. The average molecular weight is 414 g/mol. The van der Waals surface area contributed by atoms with Crippen molar-refractivity contribution in [3.63, 3.8) is 0 Å². The van der Waals surface area contributed by atoms with Gasteiger partial charge in [0, 0.05) is 37.1 Å². The van der Waals surface area contributed by atoms with Crippen molar-refractivity contribution in [2.75, 3.05) is 19.0 Å². The average Bonchev–Trinajstić information content (AvgIpc) is 3.35. The first-order valence-electron chi connectivity index (χ1n) is 10.5. The van der Waals surface area contributed by atoms with Gasteiger partial charge in [0.1, 0.15) is 12.2 Å². The zero-order valence-corrected chi connectivity index (χ0v) is 18.0. The SMILES string of the molecule is CCOC(=O)Cn1cc(Nc2ncc3ccn(C)c3n2)cn1.CNC1CCCCC1. The van der Waals surface area contributed by atoms with Crippen molar-refractivity contribution in [3.05, 3.63) is 30.9 Å². The van der Waals surface area contributed by atoms with Crippen LogP contribution in [0.1, 0.15) is 39.0 Å². The van der Waals surface area contributed by atoms with Crippen molar-refractivity contribution < 1.29 is 9.53 Å². The van der Waals surface area contributed by atoms with E-state index >= 15 is 0 Å². The summed E-state index contributed by atoms with van der Waals surface area (Å²) in [7, 11) is 3.99. The molecule has 3 aromatic rings. The molecule has 0 bridgehead atoms. The standard InChI is InChI=1S/C14H16N6O2.C7H15N/c1-3-22-12(21)9-20-8-11(7-16-20)17-14-15-6-10-4-5-19(2)13(10)18-14;1-8-7-5-3-2-4-6-7/h4-8H,3,9H2,1-2H3,(H,15,17,18);7-8H,2-6H2,1H3. The van der Waals surface area contributed by atoms with E-state index < -0.39 is 0 Å². The maximum absolute atomic E-state index is 11.4. The van der Waals surface area contributed by atoms with Crippen molar-refractivity contribution >= 4 is 28.6 Å². The number of esters is 1. The number of aromatic nitrogens is 5. The van der Waals surface area contributed by atoms with Gasteiger partial charge in [0.05, 0.1) is 18.5 Å². The summed E-state index contributed by atoms with van der Waals surface area (Å²) >= 11 is 0. The van der Waals surface area contributed by atoms with E-state index in [1.807, 2.05) is 23.9 Å². The normalized spacial score (nSPS) is 14.2. The Labute approximate surface area is 176 Å². The Morgan fingerprint density at radius 3 is 2.77 bits per heavy atom. The molecule has 0 aliphatic heterocycles. The first kappa shape index (κ1) is 21.8. The van der Waals surface area contributed by atoms with Gasteiger partial charge >= 0.3 is 5.97 Å². The van der Waals surface area contributed by atoms with E-state index in [1.54, 1.807) is 25.5 Å². The third-order valence-corrected chi connectivity index (χ3v) is 5.11. The topological polar surface area (TPSA) is 98.9 Å². The van der Waals surface area contributed by atoms with Crippen molar-refractivity contribution in [2.24, 2.45) is 7.05 Å². The van der Waals surface area contributed by atoms with Crippen LogP contribution >= 0.6 is 0 Å². The van der Waals surface area contributed by atoms with E-state index in [1.165, 1.54) is 36.8 Å². The van der Waals surface area contributed by atoms with Gasteiger partial charge in [0.25, 0.3) is 0 Å². The Morgan fingerprint density at radius 1 is 1.27 bits per heavy atom. The number of hydrogen-bond acceptors (Lipinski definition) is 7. The van der Waals surface area contributed by atoms with E-state index in [0.29, 0.717) is 18.2 Å². The minimum atomic E-state index is -0.321. The molecule has 0 unspecified atom stereocenters. The molecule has 0 amide bonds. The Balaban J connectivity index is 0.000000269. The molecule has 0 saturated heterocycles. The van der Waals surface area contributed by atoms with Gasteiger partial charge in [-0.05, 0) is 32.9 Å². The molecule has 1 fully saturated rings. The van der Waals surface area contributed by atoms with Crippen LogP contribution in [0, 0.1) is 0 Å². The summed E-state index contributed by atoms with van der Waals surface area (Å²) in [5, 5.41) is 11.4. The number of nitrogens with one attached hydrogen (secondary N) is 2. The molecule has 3 heterocycles. The lowest BCUT2D eigenvalue weighted by Crippen LogP contribution is -2.26. The zero-order chi connectivity index (χ0) is 21.3. The van der Waals surface area contributed by atoms with E-state index in [2.05, 4.69) is 32.7 Å². The fraction of sp³-hybridized carbons (Fsp3) is 0.524. The Bertz CT molecular complexity index is 944. The molecule has 30 heavy (non-hydrogen) atoms. The molecule has 4 rings (SSSR count). The molecule has 1 aliphatic rings. The van der Waals surface area contributed by atoms with Crippen molar-refractivity contribution in [3.8, 4) is 0 Å². The smallest absolute Gasteiger partial charge is 0.327 e. The summed E-state index contributed by atoms with van der Waals surface area (Å²) in [4.78, 5) is 20.1. The van der Waals surface area contributed by atoms with Crippen LogP contribution in [0.2, 0.25) is 0 Å². The highest BCUT2D eigenvalue weighted by molar-refractivity contribution is 5.76. The summed E-state index contributed by atoms with van der Waals surface area (Å²) in [5.41, 5.74) is 1.55. The molecule has 9 nitrogen and oxygen atoms in total. The van der Waals surface area contributed by atoms with Gasteiger partial charge in [-0.25, -0.2) is 4.98 Å². The minimum Gasteiger partial charge on any atom is -0.465 e. The number of nitrogens with zero attached hydrogens (tertiary/aromatic N) is 5. The van der Waals surface area contributed by atoms with Crippen molar-refractivity contribution in [1.82, 2.24) is 29.6 Å². The van der Waals surface area contributed by atoms with Crippen molar-refractivity contribution in [1.29, 1.82) is 0 Å². The molecule has 162 valence electrons. The fourth-order valence-corrected chi connectivity index (χ4v) is 3.48. The lowest BCUT2D eigenvalue weighted by Gasteiger charge is -2.20. The fourth-order valence-electron chi connectivity index (χ4n) is 3.48. The second kappa shape index (κ2) is 10.7. The third kappa shape index (κ3) is 6.03. The molecule has 9 heteroatoms. The number of rotatable bonds is 6. The first-order chi connectivity index (χ1) is 14.6. The first-order valence-corrected chi connectivity index (χ1v) is 10.5. The maximum atomic E-state index is 11.4. The monoisotopic (exact) mass is 413 g/mol. The van der Waals surface area contributed by atoms with E-state index in [4.69, 9.17) is 4.74 Å². The van der Waals surface area contributed by atoms with Crippen LogP contribution in [0.15, 0.2) is 30.9 Å². The maximum Gasteiger partial charge on any atom is 0.327 e. The molecule has 0 radical (unpaired) electrons. The molecule has 2 N–H and O–H groups in total. The zero-order valence-electron chi connectivity index (χ0n) is 18.0. The number of carbonyl (C=O) groups excluding carboxylic acids is 1. The van der Waals surface area contributed by atoms with Gasteiger partial charge in [-0.2, -0.15) is 10.1 Å². The number of carbonyl (C=O) groups is 1. The molecule has 3 aromatic heterocycles. The van der Waals surface area contributed by atoms with Crippen LogP contribution in [0.25, 0.3) is 11.0 Å². The number of fused-ring (bicyclic) bond motifs is 1. The van der Waals surface area contributed by atoms with Gasteiger partial charge in [-0.3, -0.25) is 9.48 Å². The van der Waals surface area contributed by atoms with Gasteiger partial charge in [-0.1, -0.05) is 19.3 Å². The highest BCUT2D eigenvalue weighted by Gasteiger charge is 2.09. The van der Waals surface area contributed by atoms with E-state index in [9.17, 15) is 4.79 Å². The summed E-state index contributed by atoms with van der Waals surface area (Å²) in [6.45, 7) is 2.20. The number of anilines is 2. The van der Waals surface area contributed by atoms with Crippen LogP contribution in [-0.2, 0) is 23.1 Å². The summed E-state index contributed by atoms with van der Waals surface area (Å²) in [5.74, 6) is 0.156. The van der Waals surface area contributed by atoms with Crippen LogP contribution in [-0.4, -0.2) is 50.0 Å². The Morgan fingerprint density at radius 2 is 2.07 bits per heavy atom.